The van der Waals surface area contributed by atoms with Gasteiger partial charge in [-0.1, -0.05) is 22.9 Å². The van der Waals surface area contributed by atoms with E-state index >= 15 is 0 Å². The van der Waals surface area contributed by atoms with E-state index in [1.807, 2.05) is 6.92 Å². The first-order valence-electron chi connectivity index (χ1n) is 5.79. The van der Waals surface area contributed by atoms with Crippen LogP contribution in [0.15, 0.2) is 28.4 Å². The maximum Gasteiger partial charge on any atom is 0.342 e. The van der Waals surface area contributed by atoms with Gasteiger partial charge < -0.3 is 9.84 Å². The Balaban J connectivity index is 1.99. The van der Waals surface area contributed by atoms with E-state index in [2.05, 4.69) is 0 Å². The molecule has 0 atom stereocenters. The van der Waals surface area contributed by atoms with E-state index in [-0.39, 0.29) is 29.3 Å². The maximum atomic E-state index is 11.8. The maximum absolute atomic E-state index is 11.8. The summed E-state index contributed by atoms with van der Waals surface area (Å²) >= 11 is 6.85. The van der Waals surface area contributed by atoms with Crippen molar-refractivity contribution in [2.45, 2.75) is 13.5 Å². The number of ether oxygens (including phenoxy) is 1. The Hall–Kier alpha value is -1.79. The van der Waals surface area contributed by atoms with Crippen LogP contribution in [-0.4, -0.2) is 22.2 Å². The molecule has 0 aliphatic rings. The second-order valence-corrected chi connectivity index (χ2v) is 5.35. The summed E-state index contributed by atoms with van der Waals surface area (Å²) in [6, 6.07) is 4.13. The van der Waals surface area contributed by atoms with Gasteiger partial charge in [0.15, 0.2) is 0 Å². The number of esters is 1. The second kappa shape index (κ2) is 6.11. The Bertz CT molecular complexity index is 692. The molecule has 0 aliphatic heterocycles. The Morgan fingerprint density at radius 1 is 1.50 bits per heavy atom. The van der Waals surface area contributed by atoms with Gasteiger partial charge in [0, 0.05) is 16.1 Å². The van der Waals surface area contributed by atoms with Crippen LogP contribution in [-0.2, 0) is 11.3 Å². The molecule has 1 heterocycles. The van der Waals surface area contributed by atoms with E-state index in [0.29, 0.717) is 5.02 Å². The predicted octanol–water partition coefficient (Wildman–Crippen LogP) is 2.43. The molecule has 1 aromatic carbocycles. The zero-order valence-electron chi connectivity index (χ0n) is 10.6. The molecule has 106 valence electrons. The molecule has 1 aromatic heterocycles. The van der Waals surface area contributed by atoms with Crippen molar-refractivity contribution in [3.05, 3.63) is 49.5 Å². The van der Waals surface area contributed by atoms with Gasteiger partial charge in [0.2, 0.25) is 0 Å². The Morgan fingerprint density at radius 2 is 2.25 bits per heavy atom. The molecule has 2 rings (SSSR count). The normalized spacial score (nSPS) is 10.5. The highest BCUT2D eigenvalue weighted by Crippen LogP contribution is 2.22. The number of benzene rings is 1. The lowest BCUT2D eigenvalue weighted by molar-refractivity contribution is 0.0487. The first kappa shape index (κ1) is 14.6. The summed E-state index contributed by atoms with van der Waals surface area (Å²) in [5.41, 5.74) is 0.827. The highest BCUT2D eigenvalue weighted by Gasteiger charge is 2.13. The van der Waals surface area contributed by atoms with Gasteiger partial charge in [-0.15, -0.1) is 0 Å². The number of phenolic OH excluding ortho intramolecular Hbond substituents is 1. The van der Waals surface area contributed by atoms with Crippen LogP contribution >= 0.6 is 22.9 Å². The Morgan fingerprint density at radius 3 is 2.90 bits per heavy atom. The molecular weight excluding hydrogens is 302 g/mol. The van der Waals surface area contributed by atoms with Crippen LogP contribution in [0.2, 0.25) is 5.02 Å². The predicted molar refractivity (Wildman–Crippen MR) is 76.7 cm³/mol. The van der Waals surface area contributed by atoms with Crippen molar-refractivity contribution in [1.82, 2.24) is 4.57 Å². The summed E-state index contributed by atoms with van der Waals surface area (Å²) in [4.78, 5) is 23.2. The van der Waals surface area contributed by atoms with Crippen molar-refractivity contribution in [1.29, 1.82) is 0 Å². The van der Waals surface area contributed by atoms with Crippen molar-refractivity contribution in [3.63, 3.8) is 0 Å². The molecule has 1 N–H and O–H groups in total. The standard InChI is InChI=1S/C13H12ClNO4S/c1-8-7-20-13(18)15(8)4-5-19-12(17)10-6-9(14)2-3-11(10)16/h2-3,6-7,16H,4-5H2,1H3. The average Bonchev–Trinajstić information content (AvgIpc) is 2.73. The number of carbonyl (C=O) groups excluding carboxylic acids is 1. The fourth-order valence-corrected chi connectivity index (χ4v) is 2.59. The van der Waals surface area contributed by atoms with Gasteiger partial charge in [-0.05, 0) is 25.1 Å². The summed E-state index contributed by atoms with van der Waals surface area (Å²) in [5, 5.41) is 11.6. The lowest BCUT2D eigenvalue weighted by atomic mass is 10.2. The molecule has 0 unspecified atom stereocenters. The van der Waals surface area contributed by atoms with E-state index in [1.54, 1.807) is 5.38 Å². The number of rotatable bonds is 4. The third-order valence-electron chi connectivity index (χ3n) is 2.70. The van der Waals surface area contributed by atoms with Crippen LogP contribution < -0.4 is 4.87 Å². The molecule has 0 fully saturated rings. The Labute approximate surface area is 124 Å². The number of nitrogens with zero attached hydrogens (tertiary/aromatic N) is 1. The van der Waals surface area contributed by atoms with Gasteiger partial charge in [-0.25, -0.2) is 4.79 Å². The highest BCUT2D eigenvalue weighted by atomic mass is 35.5. The van der Waals surface area contributed by atoms with E-state index in [1.165, 1.54) is 22.8 Å². The molecule has 0 aliphatic carbocycles. The SMILES string of the molecule is Cc1csc(=O)n1CCOC(=O)c1cc(Cl)ccc1O. The van der Waals surface area contributed by atoms with Gasteiger partial charge in [-0.3, -0.25) is 9.36 Å². The largest absolute Gasteiger partial charge is 0.507 e. The first-order valence-corrected chi connectivity index (χ1v) is 7.05. The fourth-order valence-electron chi connectivity index (χ4n) is 1.65. The van der Waals surface area contributed by atoms with Crippen LogP contribution in [0.4, 0.5) is 0 Å². The van der Waals surface area contributed by atoms with Crippen LogP contribution in [0.1, 0.15) is 16.1 Å². The monoisotopic (exact) mass is 313 g/mol. The van der Waals surface area contributed by atoms with Gasteiger partial charge >= 0.3 is 10.8 Å². The van der Waals surface area contributed by atoms with Crippen molar-refractivity contribution < 1.29 is 14.6 Å². The first-order chi connectivity index (χ1) is 9.49. The third-order valence-corrected chi connectivity index (χ3v) is 3.82. The number of halogens is 1. The lowest BCUT2D eigenvalue weighted by Gasteiger charge is -2.08. The number of phenols is 1. The minimum absolute atomic E-state index is 0.00638. The summed E-state index contributed by atoms with van der Waals surface area (Å²) in [7, 11) is 0. The van der Waals surface area contributed by atoms with Crippen molar-refractivity contribution >= 4 is 28.9 Å². The lowest BCUT2D eigenvalue weighted by Crippen LogP contribution is -2.19. The number of hydrogen-bond acceptors (Lipinski definition) is 5. The highest BCUT2D eigenvalue weighted by molar-refractivity contribution is 7.07. The number of hydrogen-bond donors (Lipinski definition) is 1. The molecule has 0 radical (unpaired) electrons. The van der Waals surface area contributed by atoms with Gasteiger partial charge in [0.1, 0.15) is 17.9 Å². The molecule has 0 saturated heterocycles. The zero-order valence-corrected chi connectivity index (χ0v) is 12.2. The van der Waals surface area contributed by atoms with E-state index in [9.17, 15) is 14.7 Å². The number of carbonyl (C=O) groups is 1. The number of aryl methyl sites for hydroxylation is 1. The van der Waals surface area contributed by atoms with Crippen LogP contribution in [0.3, 0.4) is 0 Å². The van der Waals surface area contributed by atoms with Gasteiger partial charge in [0.05, 0.1) is 6.54 Å². The smallest absolute Gasteiger partial charge is 0.342 e. The minimum atomic E-state index is -0.675. The van der Waals surface area contributed by atoms with E-state index in [4.69, 9.17) is 16.3 Å². The minimum Gasteiger partial charge on any atom is -0.507 e. The molecule has 0 spiro atoms. The fraction of sp³-hybridized carbons (Fsp3) is 0.231. The number of thiazole rings is 1. The molecule has 20 heavy (non-hydrogen) atoms. The van der Waals surface area contributed by atoms with Crippen LogP contribution in [0.5, 0.6) is 5.75 Å². The molecule has 0 saturated carbocycles. The zero-order chi connectivity index (χ0) is 14.7. The summed E-state index contributed by atoms with van der Waals surface area (Å²) in [5.74, 6) is -0.866. The molecule has 0 amide bonds. The van der Waals surface area contributed by atoms with E-state index in [0.717, 1.165) is 17.0 Å². The summed E-state index contributed by atoms with van der Waals surface area (Å²) in [6.07, 6.45) is 0. The molecule has 7 heteroatoms. The average molecular weight is 314 g/mol. The van der Waals surface area contributed by atoms with E-state index < -0.39 is 5.97 Å². The van der Waals surface area contributed by atoms with Crippen LogP contribution in [0.25, 0.3) is 0 Å². The molecular formula is C13H12ClNO4S. The van der Waals surface area contributed by atoms with Crippen LogP contribution in [0, 0.1) is 6.92 Å². The number of aromatic hydroxyl groups is 1. The summed E-state index contributed by atoms with van der Waals surface area (Å²) in [6.45, 7) is 2.13. The second-order valence-electron chi connectivity index (χ2n) is 4.09. The molecule has 5 nitrogen and oxygen atoms in total. The number of aromatic nitrogens is 1. The topological polar surface area (TPSA) is 68.5 Å². The van der Waals surface area contributed by atoms with Crippen molar-refractivity contribution in [2.24, 2.45) is 0 Å². The van der Waals surface area contributed by atoms with Crippen molar-refractivity contribution in [3.8, 4) is 5.75 Å². The summed E-state index contributed by atoms with van der Waals surface area (Å²) < 4.78 is 6.56. The van der Waals surface area contributed by atoms with Crippen molar-refractivity contribution in [2.75, 3.05) is 6.61 Å². The Kier molecular flexibility index (Phi) is 4.46. The molecule has 2 aromatic rings. The molecule has 0 bridgehead atoms. The third kappa shape index (κ3) is 3.20. The van der Waals surface area contributed by atoms with Gasteiger partial charge in [0.25, 0.3) is 0 Å². The quantitative estimate of drug-likeness (QED) is 0.880. The van der Waals surface area contributed by atoms with Gasteiger partial charge in [-0.2, -0.15) is 0 Å².